The molecule has 0 aliphatic carbocycles. The molecule has 0 aliphatic heterocycles. The van der Waals surface area contributed by atoms with Crippen molar-refractivity contribution in [2.75, 3.05) is 0 Å². The highest BCUT2D eigenvalue weighted by Crippen LogP contribution is 2.45. The van der Waals surface area contributed by atoms with Gasteiger partial charge in [0.25, 0.3) is 0 Å². The van der Waals surface area contributed by atoms with Gasteiger partial charge in [0.15, 0.2) is 34.9 Å². The van der Waals surface area contributed by atoms with Crippen molar-refractivity contribution in [3.05, 3.63) is 352 Å². The molecule has 0 spiro atoms. The molecular formula is C94H58N10S2. The van der Waals surface area contributed by atoms with Crippen molar-refractivity contribution in [1.82, 2.24) is 49.8 Å². The maximum atomic E-state index is 5.14. The van der Waals surface area contributed by atoms with Crippen LogP contribution in [-0.4, -0.2) is 49.8 Å². The molecule has 0 amide bonds. The van der Waals surface area contributed by atoms with Crippen LogP contribution >= 0.6 is 22.7 Å². The molecule has 20 rings (SSSR count). The van der Waals surface area contributed by atoms with Crippen LogP contribution in [0.4, 0.5) is 0 Å². The van der Waals surface area contributed by atoms with Gasteiger partial charge in [-0.2, -0.15) is 0 Å². The zero-order valence-corrected chi connectivity index (χ0v) is 58.4. The Bertz CT molecular complexity index is 6220. The van der Waals surface area contributed by atoms with Gasteiger partial charge in [0, 0.05) is 99.4 Å². The van der Waals surface area contributed by atoms with Crippen LogP contribution in [0.1, 0.15) is 0 Å². The predicted molar refractivity (Wildman–Crippen MR) is 437 cm³/mol. The number of hydrogen-bond acceptors (Lipinski definition) is 12. The Morgan fingerprint density at radius 2 is 0.491 bits per heavy atom. The van der Waals surface area contributed by atoms with Gasteiger partial charge in [-0.3, -0.25) is 9.97 Å². The number of nitrogens with zero attached hydrogens (tertiary/aromatic N) is 10. The zero-order chi connectivity index (χ0) is 70.3. The lowest BCUT2D eigenvalue weighted by Crippen LogP contribution is -2.00. The summed E-state index contributed by atoms with van der Waals surface area (Å²) in [5, 5.41) is 5.95. The van der Waals surface area contributed by atoms with Crippen LogP contribution in [0.2, 0.25) is 0 Å². The van der Waals surface area contributed by atoms with E-state index < -0.39 is 0 Å². The molecule has 12 heteroatoms. The number of aromatic nitrogens is 10. The summed E-state index contributed by atoms with van der Waals surface area (Å²) < 4.78 is 4.83. The first kappa shape index (κ1) is 63.2. The molecule has 106 heavy (non-hydrogen) atoms. The summed E-state index contributed by atoms with van der Waals surface area (Å²) in [6.07, 6.45) is 5.60. The van der Waals surface area contributed by atoms with E-state index in [4.69, 9.17) is 44.9 Å². The van der Waals surface area contributed by atoms with Crippen LogP contribution in [0.15, 0.2) is 352 Å². The summed E-state index contributed by atoms with van der Waals surface area (Å²) >= 11 is 3.57. The van der Waals surface area contributed by atoms with E-state index in [0.29, 0.717) is 34.9 Å². The molecule has 0 aliphatic rings. The van der Waals surface area contributed by atoms with Gasteiger partial charge in [-0.15, -0.1) is 22.7 Å². The van der Waals surface area contributed by atoms with Gasteiger partial charge < -0.3 is 0 Å². The fraction of sp³-hybridized carbons (Fsp3) is 0. The molecule has 496 valence electrons. The van der Waals surface area contributed by atoms with E-state index in [-0.39, 0.29) is 0 Å². The van der Waals surface area contributed by atoms with E-state index in [1.54, 1.807) is 22.7 Å². The van der Waals surface area contributed by atoms with E-state index in [1.165, 1.54) is 46.8 Å². The van der Waals surface area contributed by atoms with E-state index in [2.05, 4.69) is 248 Å². The first-order chi connectivity index (χ1) is 52.5. The predicted octanol–water partition coefficient (Wildman–Crippen LogP) is 24.4. The highest BCUT2D eigenvalue weighted by Gasteiger charge is 2.21. The van der Waals surface area contributed by atoms with E-state index in [9.17, 15) is 0 Å². The molecule has 10 nitrogen and oxygen atoms in total. The van der Waals surface area contributed by atoms with Crippen LogP contribution in [-0.2, 0) is 0 Å². The Labute approximate surface area is 618 Å². The van der Waals surface area contributed by atoms with E-state index in [1.807, 2.05) is 110 Å². The Morgan fingerprint density at radius 3 is 0.877 bits per heavy atom. The third-order valence-corrected chi connectivity index (χ3v) is 21.6. The average Bonchev–Trinajstić information content (AvgIpc) is 1.59. The summed E-state index contributed by atoms with van der Waals surface area (Å²) in [5.74, 6) is 3.82. The molecule has 0 saturated heterocycles. The molecule has 0 atom stereocenters. The van der Waals surface area contributed by atoms with Crippen molar-refractivity contribution >= 4 is 85.0 Å². The molecule has 0 unspecified atom stereocenters. The van der Waals surface area contributed by atoms with Crippen molar-refractivity contribution in [1.29, 1.82) is 0 Å². The van der Waals surface area contributed by atoms with Gasteiger partial charge in [-0.25, -0.2) is 39.9 Å². The van der Waals surface area contributed by atoms with Crippen LogP contribution in [0.5, 0.6) is 0 Å². The first-order valence-electron chi connectivity index (χ1n) is 35.0. The molecule has 20 aromatic rings. The van der Waals surface area contributed by atoms with E-state index in [0.717, 1.165) is 116 Å². The summed E-state index contributed by atoms with van der Waals surface area (Å²) in [6.45, 7) is 0. The molecule has 0 fully saturated rings. The Kier molecular flexibility index (Phi) is 16.4. The lowest BCUT2D eigenvalue weighted by molar-refractivity contribution is 1.07. The minimum absolute atomic E-state index is 0.632. The van der Waals surface area contributed by atoms with Gasteiger partial charge >= 0.3 is 0 Å². The van der Waals surface area contributed by atoms with Gasteiger partial charge in [0.1, 0.15) is 0 Å². The zero-order valence-electron chi connectivity index (χ0n) is 56.8. The average molecular weight is 1390 g/mol. The largest absolute Gasteiger partial charge is 0.264 e. The first-order valence-corrected chi connectivity index (χ1v) is 36.6. The molecule has 8 heterocycles. The topological polar surface area (TPSA) is 129 Å². The van der Waals surface area contributed by atoms with Crippen LogP contribution in [0, 0.1) is 0 Å². The van der Waals surface area contributed by atoms with Crippen molar-refractivity contribution in [3.63, 3.8) is 0 Å². The molecule has 12 aromatic carbocycles. The number of pyridine rings is 4. The van der Waals surface area contributed by atoms with Gasteiger partial charge in [-0.1, -0.05) is 303 Å². The maximum absolute atomic E-state index is 5.14. The Balaban J connectivity index is 0.000000145. The second-order valence-corrected chi connectivity index (χ2v) is 27.9. The Morgan fingerprint density at radius 1 is 0.198 bits per heavy atom. The van der Waals surface area contributed by atoms with Crippen molar-refractivity contribution in [2.24, 2.45) is 0 Å². The Hall–Kier alpha value is -13.8. The number of benzene rings is 12. The fourth-order valence-corrected chi connectivity index (χ4v) is 16.3. The second-order valence-electron chi connectivity index (χ2n) is 25.8. The SMILES string of the molecule is c1ccc(-c2ccc(-c3nc(-c4ccccc4)nc(-c4ccc(-c5ccc(-c6nc7cccnc7c7c6sc6ccccc67)cc5)cc4)n3)cc2)cc1.c1ccc(-c2ccc(-c3nc(-c4ccccc4)nc(-c4ccc(-c5ccc(-c6nc7ccncc7c7c6sc6ccccc67)cc5)cc4)n3)cc2)cc1. The molecule has 0 N–H and O–H groups in total. The van der Waals surface area contributed by atoms with Gasteiger partial charge in [0.05, 0.1) is 37.3 Å². The van der Waals surface area contributed by atoms with E-state index >= 15 is 0 Å². The minimum atomic E-state index is 0.632. The minimum Gasteiger partial charge on any atom is -0.264 e. The van der Waals surface area contributed by atoms with Gasteiger partial charge in [-0.05, 0) is 74.8 Å². The molecule has 0 saturated carbocycles. The maximum Gasteiger partial charge on any atom is 0.164 e. The highest BCUT2D eigenvalue weighted by molar-refractivity contribution is 7.27. The number of rotatable bonds is 12. The lowest BCUT2D eigenvalue weighted by atomic mass is 10.00. The number of thiophene rings is 2. The smallest absolute Gasteiger partial charge is 0.164 e. The monoisotopic (exact) mass is 1390 g/mol. The summed E-state index contributed by atoms with van der Waals surface area (Å²) in [6, 6.07) is 115. The third kappa shape index (κ3) is 12.2. The summed E-state index contributed by atoms with van der Waals surface area (Å²) in [5.41, 5.74) is 21.7. The number of hydrogen-bond donors (Lipinski definition) is 0. The highest BCUT2D eigenvalue weighted by atomic mass is 32.1. The van der Waals surface area contributed by atoms with Crippen LogP contribution < -0.4 is 0 Å². The molecule has 0 bridgehead atoms. The molecule has 8 aromatic heterocycles. The van der Waals surface area contributed by atoms with Crippen LogP contribution in [0.25, 0.3) is 198 Å². The second kappa shape index (κ2) is 27.5. The number of fused-ring (bicyclic) bond motifs is 10. The van der Waals surface area contributed by atoms with Crippen molar-refractivity contribution in [2.45, 2.75) is 0 Å². The summed E-state index contributed by atoms with van der Waals surface area (Å²) in [4.78, 5) is 49.1. The molecular weight excluding hydrogens is 1330 g/mol. The lowest BCUT2D eigenvalue weighted by Gasteiger charge is -2.10. The van der Waals surface area contributed by atoms with Crippen molar-refractivity contribution in [3.8, 4) is 135 Å². The standard InChI is InChI=1S/2C47H29N5S/c1-3-10-30(11-4-1)31-19-25-36(26-20-31)46-50-45(35-12-5-2-6-13-35)51-47(52-46)37-27-21-33(22-28-37)32-17-23-34(24-18-32)42-44-41(38-14-7-8-16-40(38)53-44)43-39(49-42)15-9-29-48-43;1-3-9-30(10-4-1)31-17-23-36(24-18-31)46-50-45(35-11-5-2-6-12-35)51-47(52-46)37-25-19-33(20-26-37)32-15-21-34(22-16-32)43-44-42(38-13-7-8-14-41(38)53-44)39-29-48-28-27-40(39)49-43/h2*1-29H. The van der Waals surface area contributed by atoms with Crippen LogP contribution in [0.3, 0.4) is 0 Å². The summed E-state index contributed by atoms with van der Waals surface area (Å²) in [7, 11) is 0. The fourth-order valence-electron chi connectivity index (χ4n) is 13.9. The molecule has 0 radical (unpaired) electrons. The van der Waals surface area contributed by atoms with Crippen molar-refractivity contribution < 1.29 is 0 Å². The normalized spacial score (nSPS) is 11.4. The van der Waals surface area contributed by atoms with Gasteiger partial charge in [0.2, 0.25) is 0 Å². The quantitative estimate of drug-likeness (QED) is 0.117. The third-order valence-electron chi connectivity index (χ3n) is 19.3.